The van der Waals surface area contributed by atoms with Crippen molar-refractivity contribution < 1.29 is 4.39 Å². The summed E-state index contributed by atoms with van der Waals surface area (Å²) in [6, 6.07) is 3.78. The molecule has 1 N–H and O–H groups in total. The number of halogens is 1. The summed E-state index contributed by atoms with van der Waals surface area (Å²) in [6.07, 6.45) is 2.64. The van der Waals surface area contributed by atoms with Crippen molar-refractivity contribution in [1.82, 2.24) is 4.98 Å². The number of aryl methyl sites for hydroxylation is 1. The van der Waals surface area contributed by atoms with Gasteiger partial charge in [0, 0.05) is 24.1 Å². The van der Waals surface area contributed by atoms with Gasteiger partial charge in [0.2, 0.25) is 0 Å². The predicted molar refractivity (Wildman–Crippen MR) is 48.1 cm³/mol. The van der Waals surface area contributed by atoms with E-state index in [0.717, 1.165) is 17.8 Å². The zero-order valence-electron chi connectivity index (χ0n) is 7.18. The molecule has 0 saturated heterocycles. The maximum absolute atomic E-state index is 11.8. The van der Waals surface area contributed by atoms with Gasteiger partial charge in [-0.1, -0.05) is 6.92 Å². The van der Waals surface area contributed by atoms with Crippen molar-refractivity contribution in [3.8, 4) is 0 Å². The topological polar surface area (TPSA) is 24.9 Å². The molecular weight excluding hydrogens is 155 g/mol. The summed E-state index contributed by atoms with van der Waals surface area (Å²) in [5, 5.41) is 2.95. The molecule has 12 heavy (non-hydrogen) atoms. The van der Waals surface area contributed by atoms with Crippen LogP contribution in [0.1, 0.15) is 12.6 Å². The first-order chi connectivity index (χ1) is 5.86. The summed E-state index contributed by atoms with van der Waals surface area (Å²) in [7, 11) is 0. The molecule has 0 saturated carbocycles. The van der Waals surface area contributed by atoms with Crippen molar-refractivity contribution in [2.75, 3.05) is 18.5 Å². The number of alkyl halides is 1. The number of anilines is 1. The highest BCUT2D eigenvalue weighted by atomic mass is 19.1. The number of nitrogens with one attached hydrogen (secondary N) is 1. The van der Waals surface area contributed by atoms with Gasteiger partial charge < -0.3 is 5.32 Å². The summed E-state index contributed by atoms with van der Waals surface area (Å²) >= 11 is 0. The quantitative estimate of drug-likeness (QED) is 0.744. The molecule has 1 aromatic rings. The molecular formula is C9H13FN2. The van der Waals surface area contributed by atoms with E-state index in [0.29, 0.717) is 6.54 Å². The van der Waals surface area contributed by atoms with E-state index in [4.69, 9.17) is 0 Å². The number of aromatic nitrogens is 1. The SMILES string of the molecule is CCc1cc(NCCF)ccn1. The Labute approximate surface area is 71.8 Å². The average molecular weight is 168 g/mol. The summed E-state index contributed by atoms with van der Waals surface area (Å²) in [5.74, 6) is 0. The number of hydrogen-bond donors (Lipinski definition) is 1. The van der Waals surface area contributed by atoms with Crippen LogP contribution in [-0.4, -0.2) is 18.2 Å². The minimum absolute atomic E-state index is 0.343. The highest BCUT2D eigenvalue weighted by Gasteiger charge is 1.93. The van der Waals surface area contributed by atoms with Crippen molar-refractivity contribution in [3.05, 3.63) is 24.0 Å². The lowest BCUT2D eigenvalue weighted by Crippen LogP contribution is -2.03. The molecule has 0 aromatic carbocycles. The molecule has 0 aliphatic carbocycles. The second-order valence-corrected chi connectivity index (χ2v) is 2.51. The smallest absolute Gasteiger partial charge is 0.107 e. The first-order valence-electron chi connectivity index (χ1n) is 4.11. The lowest BCUT2D eigenvalue weighted by Gasteiger charge is -2.03. The maximum Gasteiger partial charge on any atom is 0.107 e. The summed E-state index contributed by atoms with van der Waals surface area (Å²) in [6.45, 7) is 2.07. The fourth-order valence-electron chi connectivity index (χ4n) is 0.973. The summed E-state index contributed by atoms with van der Waals surface area (Å²) < 4.78 is 11.8. The fourth-order valence-corrected chi connectivity index (χ4v) is 0.973. The van der Waals surface area contributed by atoms with Crippen LogP contribution in [0.25, 0.3) is 0 Å². The van der Waals surface area contributed by atoms with E-state index in [-0.39, 0.29) is 6.67 Å². The largest absolute Gasteiger partial charge is 0.382 e. The molecule has 0 fully saturated rings. The molecule has 0 unspecified atom stereocenters. The van der Waals surface area contributed by atoms with Crippen LogP contribution in [0.15, 0.2) is 18.3 Å². The van der Waals surface area contributed by atoms with Crippen molar-refractivity contribution in [2.24, 2.45) is 0 Å². The van der Waals surface area contributed by atoms with Gasteiger partial charge >= 0.3 is 0 Å². The van der Waals surface area contributed by atoms with E-state index in [2.05, 4.69) is 10.3 Å². The normalized spacial score (nSPS) is 9.83. The van der Waals surface area contributed by atoms with Crippen molar-refractivity contribution in [3.63, 3.8) is 0 Å². The number of rotatable bonds is 4. The van der Waals surface area contributed by atoms with Gasteiger partial charge in [-0.15, -0.1) is 0 Å². The van der Waals surface area contributed by atoms with Gasteiger partial charge in [-0.25, -0.2) is 4.39 Å². The van der Waals surface area contributed by atoms with Crippen LogP contribution in [0.2, 0.25) is 0 Å². The Bertz CT molecular complexity index is 238. The third-order valence-electron chi connectivity index (χ3n) is 1.60. The molecule has 1 heterocycles. The minimum Gasteiger partial charge on any atom is -0.382 e. The Morgan fingerprint density at radius 3 is 3.08 bits per heavy atom. The third-order valence-corrected chi connectivity index (χ3v) is 1.60. The van der Waals surface area contributed by atoms with E-state index in [1.807, 2.05) is 19.1 Å². The molecule has 0 radical (unpaired) electrons. The summed E-state index contributed by atoms with van der Waals surface area (Å²) in [5.41, 5.74) is 1.97. The highest BCUT2D eigenvalue weighted by molar-refractivity contribution is 5.43. The number of nitrogens with zero attached hydrogens (tertiary/aromatic N) is 1. The standard InChI is InChI=1S/C9H13FN2/c1-2-8-7-9(3-5-11-8)12-6-4-10/h3,5,7H,2,4,6H2,1H3,(H,11,12). The first-order valence-corrected chi connectivity index (χ1v) is 4.11. The van der Waals surface area contributed by atoms with E-state index in [1.165, 1.54) is 0 Å². The third kappa shape index (κ3) is 2.49. The molecule has 2 nitrogen and oxygen atoms in total. The van der Waals surface area contributed by atoms with Crippen LogP contribution in [0.4, 0.5) is 10.1 Å². The van der Waals surface area contributed by atoms with E-state index in [9.17, 15) is 4.39 Å². The Balaban J connectivity index is 2.60. The van der Waals surface area contributed by atoms with Crippen LogP contribution in [0, 0.1) is 0 Å². The molecule has 0 aliphatic rings. The maximum atomic E-state index is 11.8. The van der Waals surface area contributed by atoms with Crippen LogP contribution >= 0.6 is 0 Å². The molecule has 0 spiro atoms. The molecule has 0 aliphatic heterocycles. The van der Waals surface area contributed by atoms with Crippen molar-refractivity contribution in [1.29, 1.82) is 0 Å². The Kier molecular flexibility index (Phi) is 3.51. The van der Waals surface area contributed by atoms with Crippen LogP contribution in [0.5, 0.6) is 0 Å². The van der Waals surface area contributed by atoms with Gasteiger partial charge in [-0.05, 0) is 18.6 Å². The number of pyridine rings is 1. The molecule has 3 heteroatoms. The lowest BCUT2D eigenvalue weighted by molar-refractivity contribution is 0.513. The van der Waals surface area contributed by atoms with Gasteiger partial charge in [-0.2, -0.15) is 0 Å². The Morgan fingerprint density at radius 1 is 1.58 bits per heavy atom. The molecule has 0 amide bonds. The van der Waals surface area contributed by atoms with Gasteiger partial charge in [0.1, 0.15) is 6.67 Å². The molecule has 1 rings (SSSR count). The Hall–Kier alpha value is -1.12. The Morgan fingerprint density at radius 2 is 2.42 bits per heavy atom. The zero-order valence-corrected chi connectivity index (χ0v) is 7.18. The average Bonchev–Trinajstić information content (AvgIpc) is 2.15. The summed E-state index contributed by atoms with van der Waals surface area (Å²) in [4.78, 5) is 4.13. The second-order valence-electron chi connectivity index (χ2n) is 2.51. The lowest BCUT2D eigenvalue weighted by atomic mass is 10.2. The van der Waals surface area contributed by atoms with Gasteiger partial charge in [0.05, 0.1) is 0 Å². The molecule has 66 valence electrons. The first kappa shape index (κ1) is 8.97. The van der Waals surface area contributed by atoms with E-state index < -0.39 is 0 Å². The monoisotopic (exact) mass is 168 g/mol. The van der Waals surface area contributed by atoms with E-state index in [1.54, 1.807) is 6.20 Å². The molecule has 0 atom stereocenters. The van der Waals surface area contributed by atoms with Crippen LogP contribution < -0.4 is 5.32 Å². The van der Waals surface area contributed by atoms with Crippen molar-refractivity contribution >= 4 is 5.69 Å². The van der Waals surface area contributed by atoms with Crippen LogP contribution in [-0.2, 0) is 6.42 Å². The zero-order chi connectivity index (χ0) is 8.81. The minimum atomic E-state index is -0.343. The van der Waals surface area contributed by atoms with Crippen LogP contribution in [0.3, 0.4) is 0 Å². The molecule has 1 aromatic heterocycles. The van der Waals surface area contributed by atoms with E-state index >= 15 is 0 Å². The number of hydrogen-bond acceptors (Lipinski definition) is 2. The van der Waals surface area contributed by atoms with Crippen molar-refractivity contribution in [2.45, 2.75) is 13.3 Å². The predicted octanol–water partition coefficient (Wildman–Crippen LogP) is 2.03. The van der Waals surface area contributed by atoms with Gasteiger partial charge in [0.25, 0.3) is 0 Å². The highest BCUT2D eigenvalue weighted by Crippen LogP contribution is 2.07. The molecule has 0 bridgehead atoms. The van der Waals surface area contributed by atoms with Gasteiger partial charge in [0.15, 0.2) is 0 Å². The second kappa shape index (κ2) is 4.70. The fraction of sp³-hybridized carbons (Fsp3) is 0.444. The van der Waals surface area contributed by atoms with Gasteiger partial charge in [-0.3, -0.25) is 4.98 Å².